The molecule has 0 bridgehead atoms. The van der Waals surface area contributed by atoms with Crippen LogP contribution in [-0.4, -0.2) is 33.7 Å². The van der Waals surface area contributed by atoms with E-state index < -0.39 is 22.8 Å². The molecule has 0 fully saturated rings. The first-order valence-electron chi connectivity index (χ1n) is 10.9. The molecule has 0 aliphatic rings. The van der Waals surface area contributed by atoms with Gasteiger partial charge in [-0.3, -0.25) is 9.59 Å². The van der Waals surface area contributed by atoms with Crippen molar-refractivity contribution in [2.45, 2.75) is 63.2 Å². The highest BCUT2D eigenvalue weighted by atomic mass is 32.2. The number of thioether (sulfide) groups is 2. The Hall–Kier alpha value is -1.92. The molecule has 0 unspecified atom stereocenters. The number of hydrogen-bond acceptors (Lipinski definition) is 4. The SMILES string of the molecule is CC(C)(CCCSc1ccc(-c2ccc(SCCCC(C)(C)C(=O)O)cc2)cc1)C(=O)O. The second-order valence-corrected chi connectivity index (χ2v) is 11.7. The van der Waals surface area contributed by atoms with E-state index >= 15 is 0 Å². The van der Waals surface area contributed by atoms with Crippen LogP contribution in [0.2, 0.25) is 0 Å². The van der Waals surface area contributed by atoms with Crippen LogP contribution in [0.25, 0.3) is 11.1 Å². The van der Waals surface area contributed by atoms with Crippen molar-refractivity contribution in [2.24, 2.45) is 10.8 Å². The van der Waals surface area contributed by atoms with E-state index in [0.29, 0.717) is 12.8 Å². The van der Waals surface area contributed by atoms with Crippen LogP contribution in [0.15, 0.2) is 58.3 Å². The van der Waals surface area contributed by atoms with Crippen LogP contribution in [0.4, 0.5) is 0 Å². The molecule has 174 valence electrons. The summed E-state index contributed by atoms with van der Waals surface area (Å²) in [5, 5.41) is 18.4. The van der Waals surface area contributed by atoms with Gasteiger partial charge in [0.25, 0.3) is 0 Å². The van der Waals surface area contributed by atoms with Crippen molar-refractivity contribution >= 4 is 35.5 Å². The highest BCUT2D eigenvalue weighted by Gasteiger charge is 2.26. The Morgan fingerprint density at radius 3 is 1.25 bits per heavy atom. The topological polar surface area (TPSA) is 74.6 Å². The molecule has 0 saturated carbocycles. The molecule has 32 heavy (non-hydrogen) atoms. The predicted octanol–water partition coefficient (Wildman–Crippen LogP) is 7.32. The number of carboxylic acid groups (broad SMARTS) is 2. The highest BCUT2D eigenvalue weighted by molar-refractivity contribution is 7.99. The van der Waals surface area contributed by atoms with E-state index in [-0.39, 0.29) is 0 Å². The first-order valence-corrected chi connectivity index (χ1v) is 12.9. The zero-order chi connectivity index (χ0) is 23.8. The van der Waals surface area contributed by atoms with E-state index in [9.17, 15) is 19.8 Å². The molecule has 0 heterocycles. The first kappa shape index (κ1) is 26.3. The van der Waals surface area contributed by atoms with Crippen molar-refractivity contribution in [3.63, 3.8) is 0 Å². The average Bonchev–Trinajstić information content (AvgIpc) is 2.75. The number of aliphatic carboxylic acids is 2. The standard InChI is InChI=1S/C26H34O4S2/c1-25(2,23(27)28)15-5-17-31-21-11-7-19(8-12-21)20-9-13-22(14-10-20)32-18-6-16-26(3,4)24(29)30/h7-14H,5-6,15-18H2,1-4H3,(H,27,28)(H,29,30). The molecule has 0 aliphatic carbocycles. The molecule has 0 radical (unpaired) electrons. The summed E-state index contributed by atoms with van der Waals surface area (Å²) in [6.07, 6.45) is 3.10. The maximum atomic E-state index is 11.2. The summed E-state index contributed by atoms with van der Waals surface area (Å²) in [4.78, 5) is 24.7. The number of rotatable bonds is 13. The Kier molecular flexibility index (Phi) is 9.71. The van der Waals surface area contributed by atoms with Gasteiger partial charge in [-0.15, -0.1) is 23.5 Å². The van der Waals surface area contributed by atoms with Crippen LogP contribution in [-0.2, 0) is 9.59 Å². The zero-order valence-electron chi connectivity index (χ0n) is 19.4. The fourth-order valence-electron chi connectivity index (χ4n) is 3.11. The minimum atomic E-state index is -0.738. The summed E-state index contributed by atoms with van der Waals surface area (Å²) in [5.74, 6) is 0.342. The number of carboxylic acids is 2. The Bertz CT molecular complexity index is 812. The third-order valence-electron chi connectivity index (χ3n) is 5.63. The molecule has 0 aromatic heterocycles. The molecule has 4 nitrogen and oxygen atoms in total. The molecule has 2 rings (SSSR count). The molecule has 2 aromatic carbocycles. The number of carbonyl (C=O) groups is 2. The van der Waals surface area contributed by atoms with E-state index in [4.69, 9.17) is 0 Å². The van der Waals surface area contributed by atoms with E-state index in [1.807, 2.05) is 0 Å². The summed E-state index contributed by atoms with van der Waals surface area (Å²) < 4.78 is 0. The van der Waals surface area contributed by atoms with Gasteiger partial charge in [0.1, 0.15) is 0 Å². The quantitative estimate of drug-likeness (QED) is 0.234. The average molecular weight is 475 g/mol. The Morgan fingerprint density at radius 2 is 0.969 bits per heavy atom. The van der Waals surface area contributed by atoms with Crippen molar-refractivity contribution in [2.75, 3.05) is 11.5 Å². The lowest BCUT2D eigenvalue weighted by Crippen LogP contribution is -2.23. The van der Waals surface area contributed by atoms with E-state index in [0.717, 1.165) is 24.3 Å². The molecule has 0 spiro atoms. The van der Waals surface area contributed by atoms with Gasteiger partial charge in [-0.2, -0.15) is 0 Å². The number of benzene rings is 2. The second-order valence-electron chi connectivity index (χ2n) is 9.33. The summed E-state index contributed by atoms with van der Waals surface area (Å²) >= 11 is 3.52. The second kappa shape index (κ2) is 11.8. The van der Waals surface area contributed by atoms with Crippen LogP contribution in [0.5, 0.6) is 0 Å². The van der Waals surface area contributed by atoms with Crippen molar-refractivity contribution in [1.82, 2.24) is 0 Å². The summed E-state index contributed by atoms with van der Waals surface area (Å²) in [6, 6.07) is 17.0. The molecule has 0 amide bonds. The highest BCUT2D eigenvalue weighted by Crippen LogP contribution is 2.30. The van der Waals surface area contributed by atoms with Gasteiger partial charge < -0.3 is 10.2 Å². The van der Waals surface area contributed by atoms with Gasteiger partial charge in [0, 0.05) is 9.79 Å². The van der Waals surface area contributed by atoms with Crippen molar-refractivity contribution in [1.29, 1.82) is 0 Å². The van der Waals surface area contributed by atoms with E-state index in [1.54, 1.807) is 51.2 Å². The molecule has 6 heteroatoms. The molecule has 2 aromatic rings. The fraction of sp³-hybridized carbons (Fsp3) is 0.462. The van der Waals surface area contributed by atoms with Gasteiger partial charge in [-0.25, -0.2) is 0 Å². The van der Waals surface area contributed by atoms with E-state index in [2.05, 4.69) is 48.5 Å². The molecule has 0 aliphatic heterocycles. The lowest BCUT2D eigenvalue weighted by molar-refractivity contribution is -0.148. The minimum Gasteiger partial charge on any atom is -0.481 e. The summed E-state index contributed by atoms with van der Waals surface area (Å²) in [6.45, 7) is 7.11. The maximum Gasteiger partial charge on any atom is 0.309 e. The Balaban J connectivity index is 1.79. The van der Waals surface area contributed by atoms with Gasteiger partial charge in [-0.05, 0) is 100 Å². The monoisotopic (exact) mass is 474 g/mol. The molecular weight excluding hydrogens is 440 g/mol. The Labute approximate surface area is 200 Å². The summed E-state index contributed by atoms with van der Waals surface area (Å²) in [5.41, 5.74) is 1.01. The number of hydrogen-bond donors (Lipinski definition) is 2. The molecular formula is C26H34O4S2. The van der Waals surface area contributed by atoms with Crippen LogP contribution in [0, 0.1) is 10.8 Å². The minimum absolute atomic E-state index is 0.663. The lowest BCUT2D eigenvalue weighted by Gasteiger charge is -2.18. The van der Waals surface area contributed by atoms with Gasteiger partial charge in [0.15, 0.2) is 0 Å². The lowest BCUT2D eigenvalue weighted by atomic mass is 9.88. The smallest absolute Gasteiger partial charge is 0.309 e. The third kappa shape index (κ3) is 8.21. The van der Waals surface area contributed by atoms with Crippen molar-refractivity contribution in [3.05, 3.63) is 48.5 Å². The maximum absolute atomic E-state index is 11.2. The summed E-state index contributed by atoms with van der Waals surface area (Å²) in [7, 11) is 0. The predicted molar refractivity (Wildman–Crippen MR) is 135 cm³/mol. The van der Waals surface area contributed by atoms with Crippen molar-refractivity contribution < 1.29 is 19.8 Å². The van der Waals surface area contributed by atoms with Gasteiger partial charge in [0.2, 0.25) is 0 Å². The van der Waals surface area contributed by atoms with Crippen molar-refractivity contribution in [3.8, 4) is 11.1 Å². The van der Waals surface area contributed by atoms with Gasteiger partial charge in [-0.1, -0.05) is 24.3 Å². The zero-order valence-corrected chi connectivity index (χ0v) is 21.0. The largest absolute Gasteiger partial charge is 0.481 e. The van der Waals surface area contributed by atoms with E-state index in [1.165, 1.54) is 20.9 Å². The molecule has 0 atom stereocenters. The van der Waals surface area contributed by atoms with Gasteiger partial charge >= 0.3 is 11.9 Å². The fourth-order valence-corrected chi connectivity index (χ4v) is 4.82. The molecule has 0 saturated heterocycles. The van der Waals surface area contributed by atoms with Crippen LogP contribution < -0.4 is 0 Å². The van der Waals surface area contributed by atoms with Crippen LogP contribution >= 0.6 is 23.5 Å². The van der Waals surface area contributed by atoms with Gasteiger partial charge in [0.05, 0.1) is 10.8 Å². The third-order valence-corrected chi connectivity index (χ3v) is 7.83. The van der Waals surface area contributed by atoms with Crippen LogP contribution in [0.1, 0.15) is 53.4 Å². The Morgan fingerprint density at radius 1 is 0.656 bits per heavy atom. The van der Waals surface area contributed by atoms with Crippen LogP contribution in [0.3, 0.4) is 0 Å². The molecule has 2 N–H and O–H groups in total. The first-order chi connectivity index (χ1) is 15.0. The normalized spacial score (nSPS) is 12.0.